The van der Waals surface area contributed by atoms with E-state index in [4.69, 9.17) is 4.74 Å². The lowest BCUT2D eigenvalue weighted by Crippen LogP contribution is -2.25. The number of carbonyl (C=O) groups is 1. The van der Waals surface area contributed by atoms with Gasteiger partial charge in [0.1, 0.15) is 5.75 Å². The van der Waals surface area contributed by atoms with E-state index in [1.165, 1.54) is 17.7 Å². The van der Waals surface area contributed by atoms with Gasteiger partial charge in [-0.05, 0) is 48.4 Å². The minimum absolute atomic E-state index is 0.0969. The van der Waals surface area contributed by atoms with Crippen molar-refractivity contribution in [3.8, 4) is 5.75 Å². The summed E-state index contributed by atoms with van der Waals surface area (Å²) < 4.78 is 5.39. The van der Waals surface area contributed by atoms with Crippen LogP contribution in [0.2, 0.25) is 0 Å². The van der Waals surface area contributed by atoms with Crippen molar-refractivity contribution in [2.75, 3.05) is 17.2 Å². The van der Waals surface area contributed by atoms with Crippen LogP contribution in [-0.2, 0) is 4.79 Å². The Morgan fingerprint density at radius 2 is 2.24 bits per heavy atom. The molecule has 2 aliphatic rings. The van der Waals surface area contributed by atoms with E-state index in [1.807, 2.05) is 18.2 Å². The third kappa shape index (κ3) is 2.61. The lowest BCUT2D eigenvalue weighted by atomic mass is 10.1. The van der Waals surface area contributed by atoms with Crippen LogP contribution in [0.1, 0.15) is 23.8 Å². The summed E-state index contributed by atoms with van der Waals surface area (Å²) in [7, 11) is 0. The van der Waals surface area contributed by atoms with E-state index in [2.05, 4.69) is 28.1 Å². The lowest BCUT2D eigenvalue weighted by molar-refractivity contribution is -0.118. The average Bonchev–Trinajstić information content (AvgIpc) is 3.18. The van der Waals surface area contributed by atoms with Crippen LogP contribution in [-0.4, -0.2) is 12.5 Å². The quantitative estimate of drug-likeness (QED) is 0.906. The maximum atomic E-state index is 11.4. The van der Waals surface area contributed by atoms with Crippen molar-refractivity contribution in [1.82, 2.24) is 0 Å². The predicted octanol–water partition coefficient (Wildman–Crippen LogP) is 3.64. The topological polar surface area (TPSA) is 50.4 Å². The summed E-state index contributed by atoms with van der Waals surface area (Å²) in [5.74, 6) is 1.35. The number of amides is 1. The van der Waals surface area contributed by atoms with E-state index in [9.17, 15) is 4.79 Å². The van der Waals surface area contributed by atoms with Crippen LogP contribution >= 0.6 is 11.3 Å². The van der Waals surface area contributed by atoms with Gasteiger partial charge in [0.2, 0.25) is 0 Å². The highest BCUT2D eigenvalue weighted by atomic mass is 32.1. The van der Waals surface area contributed by atoms with Crippen molar-refractivity contribution < 1.29 is 9.53 Å². The molecular formula is C16H16N2O2S. The Bertz CT molecular complexity index is 665. The van der Waals surface area contributed by atoms with E-state index >= 15 is 0 Å². The summed E-state index contributed by atoms with van der Waals surface area (Å²) in [5.41, 5.74) is 1.77. The number of anilines is 2. The van der Waals surface area contributed by atoms with E-state index in [0.29, 0.717) is 12.0 Å². The Labute approximate surface area is 127 Å². The summed E-state index contributed by atoms with van der Waals surface area (Å²) in [6, 6.07) is 10.5. The van der Waals surface area contributed by atoms with Crippen LogP contribution in [0, 0.1) is 5.92 Å². The standard InChI is InChI=1S/C16H16N2O2S/c19-15-9-20-13-6-5-11(8-12(13)18-15)17-16(10-3-4-10)14-2-1-7-21-14/h1-2,5-8,10,16-17H,3-4,9H2,(H,18,19). The Balaban J connectivity index is 1.58. The van der Waals surface area contributed by atoms with E-state index < -0.39 is 0 Å². The molecule has 1 atom stereocenters. The van der Waals surface area contributed by atoms with Crippen LogP contribution in [0.5, 0.6) is 5.75 Å². The van der Waals surface area contributed by atoms with Crippen LogP contribution in [0.15, 0.2) is 35.7 Å². The van der Waals surface area contributed by atoms with Gasteiger partial charge in [0, 0.05) is 10.6 Å². The minimum atomic E-state index is -0.100. The predicted molar refractivity (Wildman–Crippen MR) is 84.0 cm³/mol. The Morgan fingerprint density at radius 1 is 1.33 bits per heavy atom. The first-order valence-electron chi connectivity index (χ1n) is 7.16. The van der Waals surface area contributed by atoms with Gasteiger partial charge >= 0.3 is 0 Å². The minimum Gasteiger partial charge on any atom is -0.482 e. The van der Waals surface area contributed by atoms with Gasteiger partial charge in [-0.15, -0.1) is 11.3 Å². The number of ether oxygens (including phenoxy) is 1. The molecule has 1 saturated carbocycles. The second kappa shape index (κ2) is 5.07. The molecule has 2 heterocycles. The smallest absolute Gasteiger partial charge is 0.262 e. The van der Waals surface area contributed by atoms with E-state index in [1.54, 1.807) is 11.3 Å². The number of benzene rings is 1. The molecule has 5 heteroatoms. The molecule has 1 amide bonds. The zero-order valence-electron chi connectivity index (χ0n) is 11.5. The molecule has 1 fully saturated rings. The number of thiophene rings is 1. The van der Waals surface area contributed by atoms with Gasteiger partial charge in [-0.2, -0.15) is 0 Å². The van der Waals surface area contributed by atoms with Crippen LogP contribution in [0.3, 0.4) is 0 Å². The number of nitrogens with one attached hydrogen (secondary N) is 2. The lowest BCUT2D eigenvalue weighted by Gasteiger charge is -2.22. The van der Waals surface area contributed by atoms with Gasteiger partial charge in [0.25, 0.3) is 5.91 Å². The van der Waals surface area contributed by atoms with Gasteiger partial charge in [0.05, 0.1) is 11.7 Å². The summed E-state index contributed by atoms with van der Waals surface area (Å²) in [4.78, 5) is 12.8. The summed E-state index contributed by atoms with van der Waals surface area (Å²) in [5, 5.41) is 8.58. The summed E-state index contributed by atoms with van der Waals surface area (Å²) in [6.45, 7) is 0.0969. The molecule has 1 aliphatic carbocycles. The molecule has 4 nitrogen and oxygen atoms in total. The number of hydrogen-bond acceptors (Lipinski definition) is 4. The van der Waals surface area contributed by atoms with Crippen molar-refractivity contribution in [3.63, 3.8) is 0 Å². The molecule has 1 aliphatic heterocycles. The van der Waals surface area contributed by atoms with E-state index in [0.717, 1.165) is 17.1 Å². The second-order valence-electron chi connectivity index (χ2n) is 5.52. The molecule has 2 N–H and O–H groups in total. The normalized spacial score (nSPS) is 18.4. The Morgan fingerprint density at radius 3 is 3.00 bits per heavy atom. The van der Waals surface area contributed by atoms with Crippen LogP contribution in [0.25, 0.3) is 0 Å². The maximum Gasteiger partial charge on any atom is 0.262 e. The second-order valence-corrected chi connectivity index (χ2v) is 6.50. The molecule has 0 spiro atoms. The van der Waals surface area contributed by atoms with Gasteiger partial charge in [-0.3, -0.25) is 4.79 Å². The molecule has 0 radical (unpaired) electrons. The molecule has 0 bridgehead atoms. The first kappa shape index (κ1) is 12.7. The highest BCUT2D eigenvalue weighted by molar-refractivity contribution is 7.10. The van der Waals surface area contributed by atoms with Crippen molar-refractivity contribution in [2.24, 2.45) is 5.92 Å². The molecule has 0 saturated heterocycles. The molecule has 108 valence electrons. The van der Waals surface area contributed by atoms with Gasteiger partial charge in [-0.25, -0.2) is 0 Å². The third-order valence-corrected chi connectivity index (χ3v) is 4.83. The van der Waals surface area contributed by atoms with Gasteiger partial charge in [-0.1, -0.05) is 6.07 Å². The Kier molecular flexibility index (Phi) is 3.07. The molecule has 1 aromatic heterocycles. The zero-order valence-corrected chi connectivity index (χ0v) is 12.3. The van der Waals surface area contributed by atoms with E-state index in [-0.39, 0.29) is 12.5 Å². The van der Waals surface area contributed by atoms with Crippen molar-refractivity contribution in [1.29, 1.82) is 0 Å². The number of fused-ring (bicyclic) bond motifs is 1. The summed E-state index contributed by atoms with van der Waals surface area (Å²) >= 11 is 1.79. The molecule has 1 unspecified atom stereocenters. The molecule has 2 aromatic rings. The first-order chi connectivity index (χ1) is 10.3. The SMILES string of the molecule is O=C1COc2ccc(NC(c3cccs3)C3CC3)cc2N1. The fourth-order valence-electron chi connectivity index (χ4n) is 2.67. The largest absolute Gasteiger partial charge is 0.482 e. The van der Waals surface area contributed by atoms with Crippen molar-refractivity contribution in [3.05, 3.63) is 40.6 Å². The molecule has 21 heavy (non-hydrogen) atoms. The van der Waals surface area contributed by atoms with Gasteiger partial charge < -0.3 is 15.4 Å². The van der Waals surface area contributed by atoms with Crippen molar-refractivity contribution >= 4 is 28.6 Å². The highest BCUT2D eigenvalue weighted by Gasteiger charge is 2.33. The molecular weight excluding hydrogens is 284 g/mol. The maximum absolute atomic E-state index is 11.4. The van der Waals surface area contributed by atoms with Crippen LogP contribution in [0.4, 0.5) is 11.4 Å². The fourth-order valence-corrected chi connectivity index (χ4v) is 3.54. The molecule has 1 aromatic carbocycles. The highest BCUT2D eigenvalue weighted by Crippen LogP contribution is 2.44. The number of hydrogen-bond donors (Lipinski definition) is 2. The summed E-state index contributed by atoms with van der Waals surface area (Å²) in [6.07, 6.45) is 2.56. The number of carbonyl (C=O) groups excluding carboxylic acids is 1. The monoisotopic (exact) mass is 300 g/mol. The van der Waals surface area contributed by atoms with Gasteiger partial charge in [0.15, 0.2) is 6.61 Å². The van der Waals surface area contributed by atoms with Crippen LogP contribution < -0.4 is 15.4 Å². The van der Waals surface area contributed by atoms with Crippen molar-refractivity contribution in [2.45, 2.75) is 18.9 Å². The fraction of sp³-hybridized carbons (Fsp3) is 0.312. The average molecular weight is 300 g/mol. The zero-order chi connectivity index (χ0) is 14.2. The first-order valence-corrected chi connectivity index (χ1v) is 8.04. The number of rotatable bonds is 4. The Hall–Kier alpha value is -2.01. The third-order valence-electron chi connectivity index (χ3n) is 3.88. The molecule has 4 rings (SSSR count).